The van der Waals surface area contributed by atoms with E-state index in [4.69, 9.17) is 13.9 Å². The summed E-state index contributed by atoms with van der Waals surface area (Å²) in [6.07, 6.45) is 0.0476. The molecule has 0 aliphatic carbocycles. The van der Waals surface area contributed by atoms with Gasteiger partial charge in [-0.1, -0.05) is 40.4 Å². The van der Waals surface area contributed by atoms with E-state index in [0.717, 1.165) is 17.3 Å². The molecule has 8 heteroatoms. The summed E-state index contributed by atoms with van der Waals surface area (Å²) < 4.78 is 17.9. The molecule has 1 heterocycles. The Hall–Kier alpha value is -1.67. The number of fused-ring (bicyclic) bond motifs is 1. The van der Waals surface area contributed by atoms with Crippen LogP contribution in [0.25, 0.3) is 0 Å². The number of nitrogens with zero attached hydrogens (tertiary/aromatic N) is 2. The van der Waals surface area contributed by atoms with Gasteiger partial charge in [0, 0.05) is 14.7 Å². The summed E-state index contributed by atoms with van der Waals surface area (Å²) in [7, 11) is -1.76. The molecule has 1 amide bonds. The van der Waals surface area contributed by atoms with Gasteiger partial charge in [-0.2, -0.15) is 5.26 Å². The van der Waals surface area contributed by atoms with Crippen LogP contribution in [0.2, 0.25) is 43.8 Å². The highest BCUT2D eigenvalue weighted by Gasteiger charge is 2.53. The molecule has 32 heavy (non-hydrogen) atoms. The van der Waals surface area contributed by atoms with Crippen molar-refractivity contribution in [2.24, 2.45) is 0 Å². The van der Waals surface area contributed by atoms with Crippen LogP contribution >= 0.6 is 0 Å². The second-order valence-electron chi connectivity index (χ2n) is 11.4. The van der Waals surface area contributed by atoms with Crippen LogP contribution in [-0.2, 0) is 19.4 Å². The number of ether oxygens (including phenoxy) is 2. The van der Waals surface area contributed by atoms with Gasteiger partial charge in [0.25, 0.3) is 0 Å². The molecule has 1 aliphatic rings. The summed E-state index contributed by atoms with van der Waals surface area (Å²) in [5.41, 5.74) is 0.504. The zero-order chi connectivity index (χ0) is 24.4. The van der Waals surface area contributed by atoms with Crippen molar-refractivity contribution in [3.05, 3.63) is 23.8 Å². The predicted molar refractivity (Wildman–Crippen MR) is 135 cm³/mol. The molecule has 6 nitrogen and oxygen atoms in total. The quantitative estimate of drug-likeness (QED) is 0.328. The lowest BCUT2D eigenvalue weighted by molar-refractivity contribution is -0.125. The number of anilines is 1. The van der Waals surface area contributed by atoms with E-state index in [-0.39, 0.29) is 30.7 Å². The fourth-order valence-electron chi connectivity index (χ4n) is 3.42. The highest BCUT2D eigenvalue weighted by molar-refractivity contribution is 6.76. The van der Waals surface area contributed by atoms with Gasteiger partial charge in [-0.15, -0.1) is 0 Å². The largest absolute Gasteiger partial charge is 0.497 e. The first-order chi connectivity index (χ1) is 14.7. The minimum atomic E-state index is -2.13. The molecule has 0 spiro atoms. The van der Waals surface area contributed by atoms with E-state index in [9.17, 15) is 10.1 Å². The standard InChI is InChI=1S/C24H40N2O4Si2/c1-23(2,3)32(8,9)30-17-24(12-13-25)20-16-19(28-4)10-11-21(20)26(22(24)27)18-29-14-15-31(5,6)7/h10-11,16H,12,14-15,17-18H2,1-9H3. The number of carbonyl (C=O) groups excluding carboxylic acids is 1. The molecule has 0 aromatic heterocycles. The monoisotopic (exact) mass is 476 g/mol. The third-order valence-corrected chi connectivity index (χ3v) is 12.9. The lowest BCUT2D eigenvalue weighted by Crippen LogP contribution is -2.49. The van der Waals surface area contributed by atoms with E-state index in [0.29, 0.717) is 12.4 Å². The number of benzene rings is 1. The zero-order valence-electron chi connectivity index (χ0n) is 21.3. The summed E-state index contributed by atoms with van der Waals surface area (Å²) in [5, 5.41) is 9.72. The normalized spacial score (nSPS) is 19.1. The SMILES string of the molecule is COc1ccc2c(c1)C(CC#N)(CO[Si](C)(C)C(C)(C)C)C(=O)N2COCC[Si](C)(C)C. The van der Waals surface area contributed by atoms with Crippen LogP contribution in [0.1, 0.15) is 32.8 Å². The summed E-state index contributed by atoms with van der Waals surface area (Å²) in [6, 6.07) is 8.89. The van der Waals surface area contributed by atoms with Crippen LogP contribution in [0.4, 0.5) is 5.69 Å². The van der Waals surface area contributed by atoms with Crippen molar-refractivity contribution in [1.82, 2.24) is 0 Å². The van der Waals surface area contributed by atoms with Crippen LogP contribution in [0.5, 0.6) is 5.75 Å². The van der Waals surface area contributed by atoms with Crippen molar-refractivity contribution in [2.45, 2.75) is 76.4 Å². The van der Waals surface area contributed by atoms with Crippen molar-refractivity contribution in [1.29, 1.82) is 5.26 Å². The topological polar surface area (TPSA) is 71.8 Å². The summed E-state index contributed by atoms with van der Waals surface area (Å²) in [4.78, 5) is 15.5. The first-order valence-corrected chi connectivity index (χ1v) is 17.9. The van der Waals surface area contributed by atoms with Gasteiger partial charge in [0.05, 0.1) is 31.9 Å². The molecule has 1 aromatic carbocycles. The molecule has 0 saturated heterocycles. The number of rotatable bonds is 10. The van der Waals surface area contributed by atoms with Crippen LogP contribution in [-0.4, -0.2) is 49.4 Å². The fourth-order valence-corrected chi connectivity index (χ4v) is 5.22. The van der Waals surface area contributed by atoms with Crippen molar-refractivity contribution < 1.29 is 18.7 Å². The summed E-state index contributed by atoms with van der Waals surface area (Å²) in [5.74, 6) is 0.529. The maximum atomic E-state index is 13.8. The Morgan fingerprint density at radius 2 is 1.81 bits per heavy atom. The molecule has 0 bridgehead atoms. The molecule has 2 rings (SSSR count). The van der Waals surface area contributed by atoms with Gasteiger partial charge in [-0.3, -0.25) is 9.69 Å². The van der Waals surface area contributed by atoms with Crippen LogP contribution < -0.4 is 9.64 Å². The van der Waals surface area contributed by atoms with Crippen molar-refractivity contribution >= 4 is 28.0 Å². The third kappa shape index (κ3) is 5.63. The van der Waals surface area contributed by atoms with E-state index < -0.39 is 21.8 Å². The highest BCUT2D eigenvalue weighted by atomic mass is 28.4. The Bertz CT molecular complexity index is 868. The van der Waals surface area contributed by atoms with E-state index in [1.54, 1.807) is 12.0 Å². The van der Waals surface area contributed by atoms with Crippen LogP contribution in [0.15, 0.2) is 18.2 Å². The summed E-state index contributed by atoms with van der Waals surface area (Å²) in [6.45, 7) is 18.7. The molecule has 0 N–H and O–H groups in total. The van der Waals surface area contributed by atoms with E-state index in [2.05, 4.69) is 59.6 Å². The molecule has 0 radical (unpaired) electrons. The molecule has 1 aromatic rings. The number of carbonyl (C=O) groups is 1. The molecule has 1 unspecified atom stereocenters. The molecule has 1 atom stereocenters. The maximum Gasteiger partial charge on any atom is 0.242 e. The number of amides is 1. The molecule has 0 saturated carbocycles. The highest BCUT2D eigenvalue weighted by Crippen LogP contribution is 2.47. The Morgan fingerprint density at radius 3 is 2.34 bits per heavy atom. The Balaban J connectivity index is 2.41. The molecular formula is C24H40N2O4Si2. The van der Waals surface area contributed by atoms with Gasteiger partial charge in [0.15, 0.2) is 8.32 Å². The molecule has 1 aliphatic heterocycles. The minimum absolute atomic E-state index is 0.000659. The van der Waals surface area contributed by atoms with Gasteiger partial charge in [0.1, 0.15) is 17.9 Å². The van der Waals surface area contributed by atoms with Gasteiger partial charge < -0.3 is 13.9 Å². The fraction of sp³-hybridized carbons (Fsp3) is 0.667. The van der Waals surface area contributed by atoms with Gasteiger partial charge in [-0.25, -0.2) is 0 Å². The van der Waals surface area contributed by atoms with Gasteiger partial charge in [0.2, 0.25) is 5.91 Å². The van der Waals surface area contributed by atoms with Crippen LogP contribution in [0.3, 0.4) is 0 Å². The van der Waals surface area contributed by atoms with E-state index in [1.807, 2.05) is 18.2 Å². The van der Waals surface area contributed by atoms with Crippen molar-refractivity contribution in [3.63, 3.8) is 0 Å². The Kier molecular flexibility index (Phi) is 8.04. The lowest BCUT2D eigenvalue weighted by Gasteiger charge is -2.39. The summed E-state index contributed by atoms with van der Waals surface area (Å²) >= 11 is 0. The molecule has 0 fully saturated rings. The first-order valence-electron chi connectivity index (χ1n) is 11.3. The molecule has 178 valence electrons. The second kappa shape index (κ2) is 9.68. The average Bonchev–Trinajstić information content (AvgIpc) is 2.90. The van der Waals surface area contributed by atoms with E-state index in [1.165, 1.54) is 0 Å². The molecular weight excluding hydrogens is 436 g/mol. The van der Waals surface area contributed by atoms with Crippen LogP contribution in [0, 0.1) is 11.3 Å². The van der Waals surface area contributed by atoms with E-state index >= 15 is 0 Å². The smallest absolute Gasteiger partial charge is 0.242 e. The number of nitriles is 1. The Morgan fingerprint density at radius 1 is 1.16 bits per heavy atom. The number of hydrogen-bond donors (Lipinski definition) is 0. The number of hydrogen-bond acceptors (Lipinski definition) is 5. The third-order valence-electron chi connectivity index (χ3n) is 6.75. The Labute approximate surface area is 196 Å². The maximum absolute atomic E-state index is 13.8. The zero-order valence-corrected chi connectivity index (χ0v) is 23.3. The van der Waals surface area contributed by atoms with Gasteiger partial charge in [-0.05, 0) is 47.9 Å². The first kappa shape index (κ1) is 26.6. The van der Waals surface area contributed by atoms with Crippen molar-refractivity contribution in [3.8, 4) is 11.8 Å². The lowest BCUT2D eigenvalue weighted by atomic mass is 9.80. The number of methoxy groups -OCH3 is 1. The van der Waals surface area contributed by atoms with Crippen molar-refractivity contribution in [2.75, 3.05) is 32.0 Å². The average molecular weight is 477 g/mol. The second-order valence-corrected chi connectivity index (χ2v) is 21.9. The minimum Gasteiger partial charge on any atom is -0.497 e. The predicted octanol–water partition coefficient (Wildman–Crippen LogP) is 5.53. The van der Waals surface area contributed by atoms with Gasteiger partial charge >= 0.3 is 0 Å².